The van der Waals surface area contributed by atoms with Crippen LogP contribution in [0.1, 0.15) is 18.1 Å². The number of amides is 1. The highest BCUT2D eigenvalue weighted by molar-refractivity contribution is 8.03. The maximum absolute atomic E-state index is 12.0. The van der Waals surface area contributed by atoms with Crippen molar-refractivity contribution in [2.24, 2.45) is 5.10 Å². The Morgan fingerprint density at radius 3 is 2.24 bits per heavy atom. The number of nitrogens with one attached hydrogen (secondary N) is 1. The molecule has 0 aliphatic rings. The van der Waals surface area contributed by atoms with Crippen LogP contribution in [-0.2, 0) is 10.5 Å². The van der Waals surface area contributed by atoms with Gasteiger partial charge in [-0.25, -0.2) is 5.43 Å². The van der Waals surface area contributed by atoms with Gasteiger partial charge in [-0.2, -0.15) is 5.10 Å². The standard InChI is InChI=1S/C19H16Cl2N4OS3/c1-12(14-4-8-16(21)9-5-14)22-23-17(26)11-28-19-25-24-18(29-19)27-10-13-2-6-15(20)7-3-13/h2-9H,10-11H2,1H3,(H,23,26)/b22-12-. The van der Waals surface area contributed by atoms with Crippen LogP contribution in [-0.4, -0.2) is 27.6 Å². The van der Waals surface area contributed by atoms with Gasteiger partial charge in [0.1, 0.15) is 0 Å². The van der Waals surface area contributed by atoms with E-state index in [4.69, 9.17) is 23.2 Å². The maximum Gasteiger partial charge on any atom is 0.250 e. The van der Waals surface area contributed by atoms with E-state index in [1.807, 2.05) is 43.3 Å². The Labute approximate surface area is 191 Å². The van der Waals surface area contributed by atoms with Gasteiger partial charge in [0.2, 0.25) is 0 Å². The van der Waals surface area contributed by atoms with Crippen molar-refractivity contribution in [3.63, 3.8) is 0 Å². The van der Waals surface area contributed by atoms with Crippen molar-refractivity contribution in [2.75, 3.05) is 5.75 Å². The van der Waals surface area contributed by atoms with E-state index < -0.39 is 0 Å². The number of hydrazone groups is 1. The van der Waals surface area contributed by atoms with Gasteiger partial charge in [0.25, 0.3) is 5.91 Å². The Balaban J connectivity index is 1.43. The van der Waals surface area contributed by atoms with Crippen molar-refractivity contribution in [3.8, 4) is 0 Å². The molecule has 1 amide bonds. The molecular weight excluding hydrogens is 467 g/mol. The minimum absolute atomic E-state index is 0.200. The number of carbonyl (C=O) groups is 1. The summed E-state index contributed by atoms with van der Waals surface area (Å²) in [7, 11) is 0. The summed E-state index contributed by atoms with van der Waals surface area (Å²) >= 11 is 16.2. The highest BCUT2D eigenvalue weighted by Gasteiger charge is 2.09. The number of nitrogens with zero attached hydrogens (tertiary/aromatic N) is 3. The molecule has 0 fully saturated rings. The SMILES string of the molecule is C/C(=N/NC(=O)CSc1nnc(SCc2ccc(Cl)cc2)s1)c1ccc(Cl)cc1. The molecule has 3 rings (SSSR count). The molecule has 5 nitrogen and oxygen atoms in total. The molecule has 0 aliphatic heterocycles. The molecule has 1 heterocycles. The molecule has 0 spiro atoms. The van der Waals surface area contributed by atoms with Crippen molar-refractivity contribution in [2.45, 2.75) is 21.4 Å². The van der Waals surface area contributed by atoms with Crippen LogP contribution >= 0.6 is 58.1 Å². The number of benzene rings is 2. The number of hydrogen-bond donors (Lipinski definition) is 1. The maximum atomic E-state index is 12.0. The van der Waals surface area contributed by atoms with Gasteiger partial charge in [0.15, 0.2) is 8.68 Å². The second-order valence-corrected chi connectivity index (χ2v) is 10.1. The summed E-state index contributed by atoms with van der Waals surface area (Å²) in [5.41, 5.74) is 5.33. The van der Waals surface area contributed by atoms with E-state index in [0.29, 0.717) is 10.7 Å². The summed E-state index contributed by atoms with van der Waals surface area (Å²) < 4.78 is 1.61. The molecule has 0 aliphatic carbocycles. The zero-order chi connectivity index (χ0) is 20.6. The third kappa shape index (κ3) is 7.31. The zero-order valence-electron chi connectivity index (χ0n) is 15.3. The van der Waals surface area contributed by atoms with Gasteiger partial charge in [-0.05, 0) is 42.3 Å². The van der Waals surface area contributed by atoms with E-state index in [2.05, 4.69) is 20.7 Å². The number of hydrogen-bond acceptors (Lipinski definition) is 7. The first-order chi connectivity index (χ1) is 14.0. The third-order valence-electron chi connectivity index (χ3n) is 3.60. The normalized spacial score (nSPS) is 11.5. The lowest BCUT2D eigenvalue weighted by Gasteiger charge is -2.02. The quantitative estimate of drug-likeness (QED) is 0.250. The number of halogens is 2. The Kier molecular flexibility index (Phi) is 8.38. The molecule has 0 radical (unpaired) electrons. The van der Waals surface area contributed by atoms with E-state index >= 15 is 0 Å². The van der Waals surface area contributed by atoms with E-state index in [9.17, 15) is 4.79 Å². The van der Waals surface area contributed by atoms with E-state index in [0.717, 1.165) is 30.6 Å². The average molecular weight is 483 g/mol. The van der Waals surface area contributed by atoms with Crippen LogP contribution < -0.4 is 5.43 Å². The summed E-state index contributed by atoms with van der Waals surface area (Å²) in [6.45, 7) is 1.82. The van der Waals surface area contributed by atoms with Crippen molar-refractivity contribution >= 4 is 69.7 Å². The van der Waals surface area contributed by atoms with Crippen LogP contribution in [0.5, 0.6) is 0 Å². The Morgan fingerprint density at radius 2 is 1.59 bits per heavy atom. The minimum Gasteiger partial charge on any atom is -0.272 e. The summed E-state index contributed by atoms with van der Waals surface area (Å²) in [5.74, 6) is 0.803. The lowest BCUT2D eigenvalue weighted by atomic mass is 10.1. The molecule has 29 heavy (non-hydrogen) atoms. The highest BCUT2D eigenvalue weighted by atomic mass is 35.5. The molecule has 0 unspecified atom stereocenters. The van der Waals surface area contributed by atoms with Crippen LogP contribution in [0.4, 0.5) is 0 Å². The fourth-order valence-electron chi connectivity index (χ4n) is 2.10. The molecule has 0 atom stereocenters. The molecule has 3 aromatic rings. The average Bonchev–Trinajstić information content (AvgIpc) is 3.18. The largest absolute Gasteiger partial charge is 0.272 e. The fourth-order valence-corrected chi connectivity index (χ4v) is 5.12. The zero-order valence-corrected chi connectivity index (χ0v) is 19.2. The molecule has 1 N–H and O–H groups in total. The minimum atomic E-state index is -0.200. The monoisotopic (exact) mass is 482 g/mol. The second kappa shape index (κ2) is 11.0. The van der Waals surface area contributed by atoms with Crippen LogP contribution in [0.15, 0.2) is 62.3 Å². The Bertz CT molecular complexity index is 991. The van der Waals surface area contributed by atoms with Gasteiger partial charge in [0, 0.05) is 15.8 Å². The predicted molar refractivity (Wildman–Crippen MR) is 123 cm³/mol. The van der Waals surface area contributed by atoms with Gasteiger partial charge in [0.05, 0.1) is 11.5 Å². The highest BCUT2D eigenvalue weighted by Crippen LogP contribution is 2.30. The summed E-state index contributed by atoms with van der Waals surface area (Å²) in [5, 5.41) is 13.8. The van der Waals surface area contributed by atoms with Crippen LogP contribution in [0.25, 0.3) is 0 Å². The molecule has 0 saturated heterocycles. The van der Waals surface area contributed by atoms with Gasteiger partial charge in [-0.3, -0.25) is 4.79 Å². The van der Waals surface area contributed by atoms with Gasteiger partial charge >= 0.3 is 0 Å². The van der Waals surface area contributed by atoms with E-state index in [1.54, 1.807) is 23.9 Å². The molecule has 2 aromatic carbocycles. The first-order valence-corrected chi connectivity index (χ1v) is 12.0. The predicted octanol–water partition coefficient (Wildman–Crippen LogP) is 5.77. The lowest BCUT2D eigenvalue weighted by Crippen LogP contribution is -2.21. The number of carbonyl (C=O) groups excluding carboxylic acids is 1. The van der Waals surface area contributed by atoms with Gasteiger partial charge in [-0.1, -0.05) is 82.3 Å². The van der Waals surface area contributed by atoms with Crippen LogP contribution in [0, 0.1) is 0 Å². The second-order valence-electron chi connectivity index (χ2n) is 5.78. The lowest BCUT2D eigenvalue weighted by molar-refractivity contribution is -0.118. The molecule has 1 aromatic heterocycles. The molecule has 0 saturated carbocycles. The van der Waals surface area contributed by atoms with Crippen molar-refractivity contribution < 1.29 is 4.79 Å². The summed E-state index contributed by atoms with van der Waals surface area (Å²) in [6, 6.07) is 15.0. The fraction of sp³-hybridized carbons (Fsp3) is 0.158. The van der Waals surface area contributed by atoms with Crippen molar-refractivity contribution in [3.05, 3.63) is 69.7 Å². The van der Waals surface area contributed by atoms with Gasteiger partial charge < -0.3 is 0 Å². The summed E-state index contributed by atoms with van der Waals surface area (Å²) in [6.07, 6.45) is 0. The Hall–Kier alpha value is -1.58. The molecule has 150 valence electrons. The third-order valence-corrected chi connectivity index (χ3v) is 7.37. The Morgan fingerprint density at radius 1 is 1.00 bits per heavy atom. The molecule has 10 heteroatoms. The first kappa shape index (κ1) is 22.1. The number of rotatable bonds is 8. The van der Waals surface area contributed by atoms with Crippen molar-refractivity contribution in [1.82, 2.24) is 15.6 Å². The topological polar surface area (TPSA) is 67.2 Å². The van der Waals surface area contributed by atoms with Crippen molar-refractivity contribution in [1.29, 1.82) is 0 Å². The smallest absolute Gasteiger partial charge is 0.250 e. The molecule has 0 bridgehead atoms. The first-order valence-electron chi connectivity index (χ1n) is 8.42. The van der Waals surface area contributed by atoms with Crippen LogP contribution in [0.2, 0.25) is 10.0 Å². The van der Waals surface area contributed by atoms with Gasteiger partial charge in [-0.15, -0.1) is 10.2 Å². The van der Waals surface area contributed by atoms with E-state index in [-0.39, 0.29) is 11.7 Å². The molecular formula is C19H16Cl2N4OS3. The number of aromatic nitrogens is 2. The number of thioether (sulfide) groups is 2. The van der Waals surface area contributed by atoms with E-state index in [1.165, 1.54) is 23.1 Å². The summed E-state index contributed by atoms with van der Waals surface area (Å²) in [4.78, 5) is 12.0. The van der Waals surface area contributed by atoms with Crippen LogP contribution in [0.3, 0.4) is 0 Å².